The highest BCUT2D eigenvalue weighted by atomic mass is 16.2. The van der Waals surface area contributed by atoms with Gasteiger partial charge in [0.2, 0.25) is 0 Å². The molecule has 1 aromatic heterocycles. The van der Waals surface area contributed by atoms with E-state index in [0.29, 0.717) is 24.1 Å². The number of aromatic nitrogens is 2. The predicted octanol–water partition coefficient (Wildman–Crippen LogP) is 1.64. The van der Waals surface area contributed by atoms with Gasteiger partial charge in [-0.1, -0.05) is 12.1 Å². The maximum absolute atomic E-state index is 12.2. The molecule has 0 fully saturated rings. The molecule has 17 heavy (non-hydrogen) atoms. The molecule has 1 amide bonds. The second-order valence-electron chi connectivity index (χ2n) is 3.74. The van der Waals surface area contributed by atoms with Gasteiger partial charge in [0, 0.05) is 13.1 Å². The summed E-state index contributed by atoms with van der Waals surface area (Å²) in [5.41, 5.74) is 0.913. The first kappa shape index (κ1) is 11.4. The van der Waals surface area contributed by atoms with Gasteiger partial charge in [-0.25, -0.2) is 14.2 Å². The van der Waals surface area contributed by atoms with Crippen molar-refractivity contribution in [1.29, 1.82) is 0 Å². The van der Waals surface area contributed by atoms with Crippen LogP contribution in [0.15, 0.2) is 29.1 Å². The van der Waals surface area contributed by atoms with Gasteiger partial charge in [-0.2, -0.15) is 0 Å². The Morgan fingerprint density at radius 2 is 1.94 bits per heavy atom. The minimum absolute atomic E-state index is 0.280. The van der Waals surface area contributed by atoms with Crippen molar-refractivity contribution >= 4 is 17.1 Å². The number of fused-ring (bicyclic) bond motifs is 1. The van der Waals surface area contributed by atoms with Crippen molar-refractivity contribution in [2.45, 2.75) is 13.8 Å². The van der Waals surface area contributed by atoms with Crippen molar-refractivity contribution in [3.63, 3.8) is 0 Å². The Labute approximate surface area is 98.7 Å². The fourth-order valence-electron chi connectivity index (χ4n) is 1.88. The Bertz CT molecular complexity index is 593. The fraction of sp³-hybridized carbons (Fsp3) is 0.333. The summed E-state index contributed by atoms with van der Waals surface area (Å²) in [4.78, 5) is 28.2. The van der Waals surface area contributed by atoms with Gasteiger partial charge >= 0.3 is 11.7 Å². The number of hydrogen-bond donors (Lipinski definition) is 1. The molecule has 1 N–H and O–H groups in total. The van der Waals surface area contributed by atoms with E-state index in [1.54, 1.807) is 17.0 Å². The second kappa shape index (κ2) is 4.45. The number of carbonyl (C=O) groups is 1. The summed E-state index contributed by atoms with van der Waals surface area (Å²) in [5.74, 6) is 0. The average molecular weight is 233 g/mol. The van der Waals surface area contributed by atoms with Crippen LogP contribution in [-0.2, 0) is 0 Å². The largest absolute Gasteiger partial charge is 0.334 e. The fourth-order valence-corrected chi connectivity index (χ4v) is 1.88. The first-order valence-electron chi connectivity index (χ1n) is 5.68. The van der Waals surface area contributed by atoms with Crippen LogP contribution in [-0.4, -0.2) is 33.6 Å². The van der Waals surface area contributed by atoms with Gasteiger partial charge in [-0.05, 0) is 26.0 Å². The lowest BCUT2D eigenvalue weighted by Crippen LogP contribution is -2.38. The first-order valence-corrected chi connectivity index (χ1v) is 5.68. The van der Waals surface area contributed by atoms with E-state index in [-0.39, 0.29) is 11.7 Å². The lowest BCUT2D eigenvalue weighted by atomic mass is 10.3. The van der Waals surface area contributed by atoms with Gasteiger partial charge in [0.15, 0.2) is 0 Å². The third-order valence-electron chi connectivity index (χ3n) is 2.81. The number of nitrogens with one attached hydrogen (secondary N) is 1. The number of rotatable bonds is 2. The SMILES string of the molecule is CCN(CC)C(=O)n1c(=O)[nH]c2ccccc21. The van der Waals surface area contributed by atoms with Gasteiger partial charge in [0.25, 0.3) is 0 Å². The number of nitrogens with zero attached hydrogens (tertiary/aromatic N) is 2. The quantitative estimate of drug-likeness (QED) is 0.857. The molecule has 0 saturated carbocycles. The molecule has 0 atom stereocenters. The van der Waals surface area contributed by atoms with E-state index in [1.165, 1.54) is 4.57 Å². The molecule has 0 radical (unpaired) electrons. The molecule has 0 bridgehead atoms. The summed E-state index contributed by atoms with van der Waals surface area (Å²) in [6.45, 7) is 4.95. The van der Waals surface area contributed by atoms with Crippen LogP contribution in [0.3, 0.4) is 0 Å². The van der Waals surface area contributed by atoms with Crippen LogP contribution >= 0.6 is 0 Å². The average Bonchev–Trinajstić information content (AvgIpc) is 2.66. The predicted molar refractivity (Wildman–Crippen MR) is 66.3 cm³/mol. The number of hydrogen-bond acceptors (Lipinski definition) is 2. The Hall–Kier alpha value is -2.04. The Morgan fingerprint density at radius 3 is 2.59 bits per heavy atom. The van der Waals surface area contributed by atoms with Crippen molar-refractivity contribution in [3.05, 3.63) is 34.7 Å². The summed E-state index contributed by atoms with van der Waals surface area (Å²) in [5, 5.41) is 0. The third kappa shape index (κ3) is 1.84. The van der Waals surface area contributed by atoms with E-state index < -0.39 is 0 Å². The highest BCUT2D eigenvalue weighted by Crippen LogP contribution is 2.09. The molecule has 0 spiro atoms. The molecule has 0 aliphatic heterocycles. The second-order valence-corrected chi connectivity index (χ2v) is 3.74. The molecule has 1 aromatic carbocycles. The lowest BCUT2D eigenvalue weighted by molar-refractivity contribution is 0.205. The van der Waals surface area contributed by atoms with Crippen LogP contribution in [0, 0.1) is 0 Å². The third-order valence-corrected chi connectivity index (χ3v) is 2.81. The van der Waals surface area contributed by atoms with Crippen molar-refractivity contribution in [2.75, 3.05) is 13.1 Å². The summed E-state index contributed by atoms with van der Waals surface area (Å²) < 4.78 is 1.18. The van der Waals surface area contributed by atoms with E-state index >= 15 is 0 Å². The zero-order chi connectivity index (χ0) is 12.4. The van der Waals surface area contributed by atoms with Gasteiger partial charge in [-0.15, -0.1) is 0 Å². The Morgan fingerprint density at radius 1 is 1.29 bits per heavy atom. The number of imidazole rings is 1. The van der Waals surface area contributed by atoms with Crippen molar-refractivity contribution in [3.8, 4) is 0 Å². The molecule has 2 rings (SSSR count). The normalized spacial score (nSPS) is 10.7. The summed E-state index contributed by atoms with van der Waals surface area (Å²) in [6, 6.07) is 6.89. The van der Waals surface area contributed by atoms with Crippen molar-refractivity contribution < 1.29 is 4.79 Å². The molecule has 5 heteroatoms. The number of carbonyl (C=O) groups excluding carboxylic acids is 1. The number of H-pyrrole nitrogens is 1. The number of para-hydroxylation sites is 2. The van der Waals surface area contributed by atoms with Crippen LogP contribution in [0.2, 0.25) is 0 Å². The standard InChI is InChI=1S/C12H15N3O2/c1-3-14(4-2)12(17)15-10-8-6-5-7-9(10)13-11(15)16/h5-8H,3-4H2,1-2H3,(H,13,16). The molecule has 0 aliphatic carbocycles. The van der Waals surface area contributed by atoms with E-state index in [9.17, 15) is 9.59 Å². The van der Waals surface area contributed by atoms with Crippen LogP contribution < -0.4 is 5.69 Å². The molecule has 90 valence electrons. The molecular weight excluding hydrogens is 218 g/mol. The summed E-state index contributed by atoms with van der Waals surface area (Å²) in [6.07, 6.45) is 0. The first-order chi connectivity index (χ1) is 8.19. The highest BCUT2D eigenvalue weighted by molar-refractivity contribution is 5.88. The van der Waals surface area contributed by atoms with Crippen molar-refractivity contribution in [1.82, 2.24) is 14.5 Å². The van der Waals surface area contributed by atoms with Crippen LogP contribution in [0.4, 0.5) is 4.79 Å². The van der Waals surface area contributed by atoms with E-state index in [1.807, 2.05) is 26.0 Å². The summed E-state index contributed by atoms with van der Waals surface area (Å²) >= 11 is 0. The number of amides is 1. The molecule has 0 unspecified atom stereocenters. The van der Waals surface area contributed by atoms with Gasteiger partial charge < -0.3 is 9.88 Å². The van der Waals surface area contributed by atoms with Crippen molar-refractivity contribution in [2.24, 2.45) is 0 Å². The Balaban J connectivity index is 2.58. The molecular formula is C12H15N3O2. The maximum atomic E-state index is 12.2. The van der Waals surface area contributed by atoms with Crippen LogP contribution in [0.1, 0.15) is 13.8 Å². The zero-order valence-electron chi connectivity index (χ0n) is 9.93. The minimum Gasteiger partial charge on any atom is -0.324 e. The molecule has 0 aliphatic rings. The van der Waals surface area contributed by atoms with Gasteiger partial charge in [0.1, 0.15) is 0 Å². The molecule has 1 heterocycles. The molecule has 0 saturated heterocycles. The Kier molecular flexibility index (Phi) is 2.99. The van der Waals surface area contributed by atoms with Crippen LogP contribution in [0.25, 0.3) is 11.0 Å². The zero-order valence-corrected chi connectivity index (χ0v) is 9.93. The summed E-state index contributed by atoms with van der Waals surface area (Å²) in [7, 11) is 0. The number of benzene rings is 1. The maximum Gasteiger partial charge on any atom is 0.334 e. The van der Waals surface area contributed by atoms with E-state index in [4.69, 9.17) is 0 Å². The molecule has 2 aromatic rings. The van der Waals surface area contributed by atoms with Gasteiger partial charge in [0.05, 0.1) is 11.0 Å². The van der Waals surface area contributed by atoms with Crippen LogP contribution in [0.5, 0.6) is 0 Å². The van der Waals surface area contributed by atoms with Gasteiger partial charge in [-0.3, -0.25) is 0 Å². The number of aromatic amines is 1. The smallest absolute Gasteiger partial charge is 0.324 e. The lowest BCUT2D eigenvalue weighted by Gasteiger charge is -2.18. The van der Waals surface area contributed by atoms with E-state index in [2.05, 4.69) is 4.98 Å². The molecule has 5 nitrogen and oxygen atoms in total. The van der Waals surface area contributed by atoms with E-state index in [0.717, 1.165) is 0 Å². The topological polar surface area (TPSA) is 58.1 Å². The monoisotopic (exact) mass is 233 g/mol. The highest BCUT2D eigenvalue weighted by Gasteiger charge is 2.17. The minimum atomic E-state index is -0.386.